The second kappa shape index (κ2) is 6.57. The fourth-order valence-corrected chi connectivity index (χ4v) is 2.79. The van der Waals surface area contributed by atoms with Crippen molar-refractivity contribution in [3.63, 3.8) is 0 Å². The van der Waals surface area contributed by atoms with E-state index >= 15 is 0 Å². The number of hydrogen-bond acceptors (Lipinski definition) is 4. The topological polar surface area (TPSA) is 66.8 Å². The molecule has 0 fully saturated rings. The summed E-state index contributed by atoms with van der Waals surface area (Å²) in [5, 5.41) is 8.66. The average molecular weight is 283 g/mol. The van der Waals surface area contributed by atoms with Crippen molar-refractivity contribution in [2.24, 2.45) is 0 Å². The molecule has 0 amide bonds. The highest BCUT2D eigenvalue weighted by molar-refractivity contribution is 7.89. The second-order valence-corrected chi connectivity index (χ2v) is 5.76. The number of sulfonamides is 1. The van der Waals surface area contributed by atoms with Crippen LogP contribution in [-0.4, -0.2) is 45.1 Å². The van der Waals surface area contributed by atoms with E-state index in [9.17, 15) is 8.42 Å². The molecule has 104 valence electrons. The first-order valence-electron chi connectivity index (χ1n) is 5.71. The summed E-state index contributed by atoms with van der Waals surface area (Å²) in [7, 11) is -0.684. The number of benzene rings is 1. The molecule has 0 radical (unpaired) electrons. The smallest absolute Gasteiger partial charge is 0.246 e. The number of nitrogens with zero attached hydrogens (tertiary/aromatic N) is 1. The zero-order valence-corrected chi connectivity index (χ0v) is 12.0. The van der Waals surface area contributed by atoms with Gasteiger partial charge < -0.3 is 9.84 Å². The van der Waals surface area contributed by atoms with Gasteiger partial charge in [-0.2, -0.15) is 0 Å². The van der Waals surface area contributed by atoms with Gasteiger partial charge in [0.15, 0.2) is 0 Å². The van der Waals surface area contributed by atoms with E-state index in [1.165, 1.54) is 24.5 Å². The number of aliphatic hydroxyl groups is 1. The molecule has 0 spiro atoms. The Hall–Kier alpha value is -1.55. The van der Waals surface area contributed by atoms with Gasteiger partial charge in [0.1, 0.15) is 17.3 Å². The van der Waals surface area contributed by atoms with Gasteiger partial charge in [0.25, 0.3) is 0 Å². The molecule has 0 aromatic heterocycles. The van der Waals surface area contributed by atoms with Gasteiger partial charge in [-0.25, -0.2) is 12.7 Å². The highest BCUT2D eigenvalue weighted by Crippen LogP contribution is 2.26. The van der Waals surface area contributed by atoms with Gasteiger partial charge in [0.2, 0.25) is 10.0 Å². The van der Waals surface area contributed by atoms with E-state index in [1.807, 2.05) is 0 Å². The maximum Gasteiger partial charge on any atom is 0.246 e. The SMILES string of the molecule is CCN(C)S(=O)(=O)c1cc(C#CCO)ccc1OC. The minimum atomic E-state index is -3.60. The summed E-state index contributed by atoms with van der Waals surface area (Å²) in [5.41, 5.74) is 0.512. The molecule has 0 aliphatic heterocycles. The summed E-state index contributed by atoms with van der Waals surface area (Å²) in [6.07, 6.45) is 0. The number of aliphatic hydroxyl groups excluding tert-OH is 1. The first-order chi connectivity index (χ1) is 8.97. The summed E-state index contributed by atoms with van der Waals surface area (Å²) in [6.45, 7) is 1.83. The van der Waals surface area contributed by atoms with E-state index in [0.717, 1.165) is 0 Å². The average Bonchev–Trinajstić information content (AvgIpc) is 2.43. The normalized spacial score (nSPS) is 11.0. The lowest BCUT2D eigenvalue weighted by atomic mass is 10.2. The first-order valence-corrected chi connectivity index (χ1v) is 7.15. The van der Waals surface area contributed by atoms with Gasteiger partial charge in [-0.15, -0.1) is 0 Å². The van der Waals surface area contributed by atoms with Gasteiger partial charge in [-0.05, 0) is 18.2 Å². The predicted octanol–water partition coefficient (Wildman–Crippen LogP) is 0.679. The van der Waals surface area contributed by atoms with Crippen molar-refractivity contribution in [1.82, 2.24) is 4.31 Å². The molecule has 0 saturated heterocycles. The van der Waals surface area contributed by atoms with Gasteiger partial charge in [-0.1, -0.05) is 18.8 Å². The van der Waals surface area contributed by atoms with Gasteiger partial charge >= 0.3 is 0 Å². The molecule has 0 aliphatic rings. The Kier molecular flexibility index (Phi) is 5.36. The van der Waals surface area contributed by atoms with Crippen molar-refractivity contribution in [2.45, 2.75) is 11.8 Å². The fourth-order valence-electron chi connectivity index (χ4n) is 1.44. The molecule has 0 bridgehead atoms. The standard InChI is InChI=1S/C13H17NO4S/c1-4-14(2)19(16,17)13-10-11(6-5-9-15)7-8-12(13)18-3/h7-8,10,15H,4,9H2,1-3H3. The number of hydrogen-bond donors (Lipinski definition) is 1. The van der Waals surface area contributed by atoms with Gasteiger partial charge in [0.05, 0.1) is 7.11 Å². The van der Waals surface area contributed by atoms with Crippen LogP contribution < -0.4 is 4.74 Å². The van der Waals surface area contributed by atoms with Crippen LogP contribution in [0.2, 0.25) is 0 Å². The third-order valence-corrected chi connectivity index (χ3v) is 4.56. The lowest BCUT2D eigenvalue weighted by Gasteiger charge is -2.17. The van der Waals surface area contributed by atoms with Crippen LogP contribution in [0.1, 0.15) is 12.5 Å². The Bertz CT molecular complexity index is 599. The molecule has 5 nitrogen and oxygen atoms in total. The monoisotopic (exact) mass is 283 g/mol. The quantitative estimate of drug-likeness (QED) is 0.825. The van der Waals surface area contributed by atoms with E-state index in [-0.39, 0.29) is 17.3 Å². The lowest BCUT2D eigenvalue weighted by Crippen LogP contribution is -2.27. The molecule has 0 aliphatic carbocycles. The van der Waals surface area contributed by atoms with Gasteiger partial charge in [-0.3, -0.25) is 0 Å². The van der Waals surface area contributed by atoms with Crippen molar-refractivity contribution >= 4 is 10.0 Å². The Morgan fingerprint density at radius 1 is 1.42 bits per heavy atom. The maximum absolute atomic E-state index is 12.3. The zero-order chi connectivity index (χ0) is 14.5. The summed E-state index contributed by atoms with van der Waals surface area (Å²) in [5.74, 6) is 5.43. The molecule has 6 heteroatoms. The van der Waals surface area contributed by atoms with Crippen LogP contribution in [-0.2, 0) is 10.0 Å². The zero-order valence-electron chi connectivity index (χ0n) is 11.2. The van der Waals surface area contributed by atoms with Crippen LogP contribution in [0.5, 0.6) is 5.75 Å². The van der Waals surface area contributed by atoms with Crippen LogP contribution in [0.25, 0.3) is 0 Å². The molecular weight excluding hydrogens is 266 g/mol. The maximum atomic E-state index is 12.3. The van der Waals surface area contributed by atoms with Gasteiger partial charge in [0, 0.05) is 19.2 Å². The van der Waals surface area contributed by atoms with Crippen LogP contribution >= 0.6 is 0 Å². The summed E-state index contributed by atoms with van der Waals surface area (Å²) < 4.78 is 30.9. The van der Waals surface area contributed by atoms with Crippen LogP contribution in [0.15, 0.2) is 23.1 Å². The van der Waals surface area contributed by atoms with Crippen molar-refractivity contribution in [3.8, 4) is 17.6 Å². The summed E-state index contributed by atoms with van der Waals surface area (Å²) in [6, 6.07) is 4.65. The van der Waals surface area contributed by atoms with Crippen LogP contribution in [0, 0.1) is 11.8 Å². The molecule has 1 N–H and O–H groups in total. The van der Waals surface area contributed by atoms with Crippen molar-refractivity contribution < 1.29 is 18.3 Å². The van der Waals surface area contributed by atoms with Crippen LogP contribution in [0.4, 0.5) is 0 Å². The van der Waals surface area contributed by atoms with E-state index in [1.54, 1.807) is 19.1 Å². The predicted molar refractivity (Wildman–Crippen MR) is 72.4 cm³/mol. The Morgan fingerprint density at radius 3 is 2.63 bits per heavy atom. The molecule has 0 atom stereocenters. The van der Waals surface area contributed by atoms with E-state index in [2.05, 4.69) is 11.8 Å². The minimum Gasteiger partial charge on any atom is -0.495 e. The Morgan fingerprint density at radius 2 is 2.11 bits per heavy atom. The number of methoxy groups -OCH3 is 1. The molecule has 0 saturated carbocycles. The van der Waals surface area contributed by atoms with Crippen LogP contribution in [0.3, 0.4) is 0 Å². The molecular formula is C13H17NO4S. The third kappa shape index (κ3) is 3.47. The van der Waals surface area contributed by atoms with E-state index < -0.39 is 10.0 Å². The Labute approximate surface area is 113 Å². The molecule has 1 aromatic carbocycles. The lowest BCUT2D eigenvalue weighted by molar-refractivity contribution is 0.350. The second-order valence-electron chi connectivity index (χ2n) is 3.74. The molecule has 1 aromatic rings. The molecule has 1 rings (SSSR count). The highest BCUT2D eigenvalue weighted by Gasteiger charge is 2.23. The minimum absolute atomic E-state index is 0.0732. The summed E-state index contributed by atoms with van der Waals surface area (Å²) >= 11 is 0. The molecule has 19 heavy (non-hydrogen) atoms. The first kappa shape index (κ1) is 15.5. The number of ether oxygens (including phenoxy) is 1. The fraction of sp³-hybridized carbons (Fsp3) is 0.385. The van der Waals surface area contributed by atoms with E-state index in [4.69, 9.17) is 9.84 Å². The Balaban J connectivity index is 3.39. The molecule has 0 heterocycles. The summed E-state index contributed by atoms with van der Waals surface area (Å²) in [4.78, 5) is 0.0732. The van der Waals surface area contributed by atoms with Crippen molar-refractivity contribution in [3.05, 3.63) is 23.8 Å². The van der Waals surface area contributed by atoms with Crippen molar-refractivity contribution in [2.75, 3.05) is 27.3 Å². The molecule has 0 unspecified atom stereocenters. The third-order valence-electron chi connectivity index (χ3n) is 2.61. The van der Waals surface area contributed by atoms with Crippen molar-refractivity contribution in [1.29, 1.82) is 0 Å². The highest BCUT2D eigenvalue weighted by atomic mass is 32.2. The van der Waals surface area contributed by atoms with E-state index in [0.29, 0.717) is 12.1 Å². The largest absolute Gasteiger partial charge is 0.495 e. The number of rotatable bonds is 4.